The van der Waals surface area contributed by atoms with Crippen LogP contribution in [-0.2, 0) is 80.9 Å². The summed E-state index contributed by atoms with van der Waals surface area (Å²) in [6.07, 6.45) is -2.01. The van der Waals surface area contributed by atoms with Crippen LogP contribution in [0, 0.1) is 23.2 Å². The predicted molar refractivity (Wildman–Crippen MR) is 280 cm³/mol. The molecule has 460 valence electrons. The lowest BCUT2D eigenvalue weighted by atomic mass is 9.91. The summed E-state index contributed by atoms with van der Waals surface area (Å²) in [4.78, 5) is 76.5. The number of aliphatic carboxylic acids is 1. The SMILES string of the molecule is C#CCOCCOCCOCCOCCN(CCOCCNC(=O)CO[C@@H]([C@@H]1OC(C(=O)O)=C[C@H](NC(=N)N)[C@H]1NC(C)=O)[C@H](O)CO)CCOCCNC(=O)CO[C@@H]([C@@H]1OC(C(=O)OC)=C[C@H](NC(=N)N)[C@H]1NC(C)=O)[C@H](O)CO. The van der Waals surface area contributed by atoms with Crippen LogP contribution in [0.25, 0.3) is 0 Å². The van der Waals surface area contributed by atoms with Crippen LogP contribution in [0.2, 0.25) is 0 Å². The Kier molecular flexibility index (Phi) is 35.4. The molecule has 81 heavy (non-hydrogen) atoms. The normalized spacial score (nSPS) is 20.0. The van der Waals surface area contributed by atoms with Crippen molar-refractivity contribution in [2.75, 3.05) is 146 Å². The molecule has 0 bridgehead atoms. The minimum absolute atomic E-state index is 0.00922. The molecule has 17 N–H and O–H groups in total. The standard InChI is InChI=1S/C48H81N11O22/c1-5-11-72-17-19-76-21-22-77-20-18-75-16-10-59(8-14-73-12-6-53-37(66)27-78-41(33(64)25-60)43-39(55-29(2)62)31(57-47(49)50)23-35(80-43)45(68)69)9-15-74-13-7-54-38(67)28-79-42(34(65)26-61)44-40(56-30(3)63)32(58-48(51)52)24-36(81-44)46(70)71-4/h1,23-24,31-34,39-44,60-61,64-65H,6-22,25-28H2,2-4H3,(H,53,66)(H,54,67)(H,55,62)(H,56,63)(H,68,69)(H4,49,50,57)(H4,51,52,58)/t31-,32-,33+,34+,39+,40+,41+,42+,43+,44+/m0/s1. The van der Waals surface area contributed by atoms with E-state index in [2.05, 4.69) is 37.8 Å². The maximum atomic E-state index is 12.9. The van der Waals surface area contributed by atoms with Crippen LogP contribution in [0.4, 0.5) is 0 Å². The minimum Gasteiger partial charge on any atom is -0.478 e. The van der Waals surface area contributed by atoms with Gasteiger partial charge in [-0.15, -0.1) is 6.42 Å². The molecule has 33 nitrogen and oxygen atoms in total. The van der Waals surface area contributed by atoms with Gasteiger partial charge in [-0.25, -0.2) is 9.59 Å². The van der Waals surface area contributed by atoms with E-state index >= 15 is 0 Å². The molecule has 0 fully saturated rings. The largest absolute Gasteiger partial charge is 0.478 e. The Hall–Kier alpha value is -6.52. The number of nitrogens with two attached hydrogens (primary N) is 2. The number of aliphatic hydroxyl groups is 4. The number of methoxy groups -OCH3 is 1. The van der Waals surface area contributed by atoms with Crippen LogP contribution in [0.1, 0.15) is 13.8 Å². The van der Waals surface area contributed by atoms with Gasteiger partial charge in [-0.1, -0.05) is 5.92 Å². The molecule has 0 aromatic carbocycles. The Morgan fingerprint density at radius 2 is 1.02 bits per heavy atom. The topological polar surface area (TPSA) is 480 Å². The van der Waals surface area contributed by atoms with Crippen molar-refractivity contribution in [3.8, 4) is 12.3 Å². The Balaban J connectivity index is 1.95. The Morgan fingerprint density at radius 1 is 0.642 bits per heavy atom. The number of ether oxygens (including phenoxy) is 11. The first-order chi connectivity index (χ1) is 38.8. The highest BCUT2D eigenvalue weighted by Crippen LogP contribution is 2.27. The number of hydrogen-bond donors (Lipinski definition) is 15. The number of carbonyl (C=O) groups excluding carboxylic acids is 5. The number of carboxylic acids is 1. The molecule has 0 unspecified atom stereocenters. The molecule has 2 aliphatic heterocycles. The third-order valence-electron chi connectivity index (χ3n) is 11.3. The Labute approximate surface area is 468 Å². The molecule has 0 aromatic rings. The quantitative estimate of drug-likeness (QED) is 0.00886. The number of aliphatic hydroxyl groups excluding tert-OH is 4. The molecule has 2 aliphatic rings. The molecule has 0 aliphatic carbocycles. The second-order valence-corrected chi connectivity index (χ2v) is 17.6. The van der Waals surface area contributed by atoms with Crippen molar-refractivity contribution < 1.29 is 106 Å². The molecule has 0 spiro atoms. The maximum Gasteiger partial charge on any atom is 0.373 e. The maximum absolute atomic E-state index is 12.9. The van der Waals surface area contributed by atoms with Gasteiger partial charge < -0.3 is 121 Å². The fourth-order valence-corrected chi connectivity index (χ4v) is 7.72. The number of rotatable bonds is 43. The summed E-state index contributed by atoms with van der Waals surface area (Å²) in [5.41, 5.74) is 11.0. The van der Waals surface area contributed by atoms with E-state index in [4.69, 9.17) is 80.8 Å². The summed E-state index contributed by atoms with van der Waals surface area (Å²) in [6, 6.07) is -4.52. The van der Waals surface area contributed by atoms with Gasteiger partial charge in [-0.3, -0.25) is 34.9 Å². The molecule has 4 amide bonds. The van der Waals surface area contributed by atoms with Crippen molar-refractivity contribution in [3.63, 3.8) is 0 Å². The molecule has 10 atom stereocenters. The monoisotopic (exact) mass is 1160 g/mol. The van der Waals surface area contributed by atoms with Crippen molar-refractivity contribution in [2.45, 2.75) is 74.6 Å². The first kappa shape index (κ1) is 70.6. The van der Waals surface area contributed by atoms with Crippen LogP contribution in [0.15, 0.2) is 23.7 Å². The number of guanidine groups is 2. The summed E-state index contributed by atoms with van der Waals surface area (Å²) >= 11 is 0. The average Bonchev–Trinajstić information content (AvgIpc) is 3.47. The number of carbonyl (C=O) groups is 6. The highest BCUT2D eigenvalue weighted by atomic mass is 16.6. The van der Waals surface area contributed by atoms with Gasteiger partial charge in [0.25, 0.3) is 0 Å². The second-order valence-electron chi connectivity index (χ2n) is 17.6. The van der Waals surface area contributed by atoms with E-state index in [1.54, 1.807) is 0 Å². The molecule has 0 saturated carbocycles. The van der Waals surface area contributed by atoms with Crippen LogP contribution in [-0.4, -0.2) is 284 Å². The smallest absolute Gasteiger partial charge is 0.373 e. The van der Waals surface area contributed by atoms with Gasteiger partial charge in [-0.2, -0.15) is 0 Å². The van der Waals surface area contributed by atoms with Gasteiger partial charge in [0.1, 0.15) is 44.2 Å². The molecule has 0 radical (unpaired) electrons. The van der Waals surface area contributed by atoms with E-state index in [0.29, 0.717) is 65.9 Å². The first-order valence-electron chi connectivity index (χ1n) is 25.6. The van der Waals surface area contributed by atoms with Crippen molar-refractivity contribution in [1.82, 2.24) is 36.8 Å². The van der Waals surface area contributed by atoms with E-state index in [9.17, 15) is 54.3 Å². The predicted octanol–water partition coefficient (Wildman–Crippen LogP) is -7.73. The fraction of sp³-hybridized carbons (Fsp3) is 0.708. The zero-order valence-corrected chi connectivity index (χ0v) is 45.6. The summed E-state index contributed by atoms with van der Waals surface area (Å²) in [7, 11) is 1.09. The van der Waals surface area contributed by atoms with Gasteiger partial charge in [-0.05, 0) is 12.2 Å². The van der Waals surface area contributed by atoms with Gasteiger partial charge >= 0.3 is 11.9 Å². The highest BCUT2D eigenvalue weighted by molar-refractivity contribution is 5.87. The number of terminal acetylenes is 1. The van der Waals surface area contributed by atoms with Crippen LogP contribution >= 0.6 is 0 Å². The van der Waals surface area contributed by atoms with Crippen LogP contribution < -0.4 is 43.4 Å². The van der Waals surface area contributed by atoms with Crippen molar-refractivity contribution in [1.29, 1.82) is 10.8 Å². The Morgan fingerprint density at radius 3 is 1.40 bits per heavy atom. The molecule has 2 rings (SSSR count). The van der Waals surface area contributed by atoms with E-state index in [0.717, 1.165) is 20.1 Å². The highest BCUT2D eigenvalue weighted by Gasteiger charge is 2.47. The average molecular weight is 1160 g/mol. The molecule has 0 saturated heterocycles. The lowest BCUT2D eigenvalue weighted by molar-refractivity contribution is -0.160. The van der Waals surface area contributed by atoms with Crippen molar-refractivity contribution in [2.24, 2.45) is 11.5 Å². The molecule has 0 aromatic heterocycles. The van der Waals surface area contributed by atoms with Gasteiger partial charge in [0.15, 0.2) is 24.1 Å². The number of nitrogens with zero attached hydrogens (tertiary/aromatic N) is 1. The number of hydrogen-bond acceptors (Lipinski definition) is 24. The lowest BCUT2D eigenvalue weighted by Gasteiger charge is -2.41. The molecule has 2 heterocycles. The van der Waals surface area contributed by atoms with E-state index in [-0.39, 0.29) is 51.9 Å². The van der Waals surface area contributed by atoms with Crippen LogP contribution in [0.3, 0.4) is 0 Å². The minimum atomic E-state index is -1.73. The Bertz CT molecular complexity index is 2070. The van der Waals surface area contributed by atoms with Gasteiger partial charge in [0.05, 0.1) is 117 Å². The summed E-state index contributed by atoms with van der Waals surface area (Å²) < 4.78 is 60.9. The summed E-state index contributed by atoms with van der Waals surface area (Å²) in [6.45, 7) is 3.52. The van der Waals surface area contributed by atoms with E-state index in [1.807, 2.05) is 4.90 Å². The number of nitrogens with one attached hydrogen (secondary N) is 8. The molecular formula is C48H81N11O22. The number of amides is 4. The lowest BCUT2D eigenvalue weighted by Crippen LogP contribution is -2.64. The van der Waals surface area contributed by atoms with Crippen molar-refractivity contribution >= 4 is 47.5 Å². The first-order valence-corrected chi connectivity index (χ1v) is 25.6. The van der Waals surface area contributed by atoms with Crippen LogP contribution in [0.5, 0.6) is 0 Å². The summed E-state index contributed by atoms with van der Waals surface area (Å²) in [5, 5.41) is 81.7. The van der Waals surface area contributed by atoms with Gasteiger partial charge in [0, 0.05) is 46.6 Å². The van der Waals surface area contributed by atoms with E-state index < -0.39 is 140 Å². The van der Waals surface area contributed by atoms with E-state index in [1.165, 1.54) is 13.0 Å². The fourth-order valence-electron chi connectivity index (χ4n) is 7.72. The summed E-state index contributed by atoms with van der Waals surface area (Å²) in [5.74, 6) is -4.73. The van der Waals surface area contributed by atoms with Gasteiger partial charge in [0.2, 0.25) is 35.1 Å². The molecule has 33 heteroatoms. The second kappa shape index (κ2) is 40.6. The zero-order chi connectivity index (χ0) is 60.1. The number of esters is 1. The number of carboxylic acid groups (broad SMARTS) is 1. The molecular weight excluding hydrogens is 1080 g/mol. The third-order valence-corrected chi connectivity index (χ3v) is 11.3. The van der Waals surface area contributed by atoms with Crippen molar-refractivity contribution in [3.05, 3.63) is 23.7 Å². The third kappa shape index (κ3) is 28.6. The zero-order valence-electron chi connectivity index (χ0n) is 45.6.